The molecule has 0 aliphatic carbocycles. The molecule has 96 valence electrons. The average Bonchev–Trinajstić information content (AvgIpc) is 2.55. The molecule has 4 atom stereocenters. The summed E-state index contributed by atoms with van der Waals surface area (Å²) in [5.41, 5.74) is 0. The highest BCUT2D eigenvalue weighted by atomic mass is 16.7. The number of ether oxygens (including phenoxy) is 2. The van der Waals surface area contributed by atoms with Gasteiger partial charge in [0.15, 0.2) is 0 Å². The summed E-state index contributed by atoms with van der Waals surface area (Å²) in [6, 6.07) is 0. The minimum atomic E-state index is -1.61. The Morgan fingerprint density at radius 2 is 2.00 bits per heavy atom. The Morgan fingerprint density at radius 3 is 2.44 bits per heavy atom. The van der Waals surface area contributed by atoms with Crippen LogP contribution >= 0.6 is 0 Å². The Labute approximate surface area is 94.4 Å². The molecule has 0 bridgehead atoms. The molecule has 1 aliphatic heterocycles. The lowest BCUT2D eigenvalue weighted by Crippen LogP contribution is -2.48. The Kier molecular flexibility index (Phi) is 5.10. The molecule has 4 N–H and O–H groups in total. The maximum Gasteiger partial charge on any atom is 0.221 e. The molecule has 0 radical (unpaired) electrons. The molecule has 0 spiro atoms. The summed E-state index contributed by atoms with van der Waals surface area (Å²) < 4.78 is 10.5. The van der Waals surface area contributed by atoms with Gasteiger partial charge in [0, 0.05) is 0 Å². The lowest BCUT2D eigenvalue weighted by atomic mass is 10.1. The third-order valence-electron chi connectivity index (χ3n) is 2.75. The highest BCUT2D eigenvalue weighted by Gasteiger charge is 2.54. The summed E-state index contributed by atoms with van der Waals surface area (Å²) >= 11 is 0. The maximum atomic E-state index is 9.74. The van der Waals surface area contributed by atoms with Gasteiger partial charge in [-0.3, -0.25) is 0 Å². The number of aliphatic hydroxyl groups is 4. The third kappa shape index (κ3) is 2.53. The quantitative estimate of drug-likeness (QED) is 0.424. The number of hydrogen-bond acceptors (Lipinski definition) is 6. The molecule has 6 heteroatoms. The lowest BCUT2D eigenvalue weighted by Gasteiger charge is -2.29. The van der Waals surface area contributed by atoms with E-state index < -0.39 is 37.3 Å². The van der Waals surface area contributed by atoms with Crippen LogP contribution in [0.2, 0.25) is 0 Å². The first kappa shape index (κ1) is 13.8. The van der Waals surface area contributed by atoms with Crippen molar-refractivity contribution in [3.63, 3.8) is 0 Å². The molecule has 1 heterocycles. The first-order valence-electron chi connectivity index (χ1n) is 5.51. The second-order valence-electron chi connectivity index (χ2n) is 3.95. The molecule has 1 rings (SSSR count). The second kappa shape index (κ2) is 5.90. The lowest BCUT2D eigenvalue weighted by molar-refractivity contribution is -0.276. The number of hydrogen-bond donors (Lipinski definition) is 4. The molecule has 1 saturated heterocycles. The predicted molar refractivity (Wildman–Crippen MR) is 54.6 cm³/mol. The fourth-order valence-corrected chi connectivity index (χ4v) is 1.69. The minimum Gasteiger partial charge on any atom is -0.394 e. The first-order valence-corrected chi connectivity index (χ1v) is 5.51. The van der Waals surface area contributed by atoms with Crippen molar-refractivity contribution >= 4 is 0 Å². The van der Waals surface area contributed by atoms with Gasteiger partial charge in [0.25, 0.3) is 0 Å². The van der Waals surface area contributed by atoms with Crippen molar-refractivity contribution in [3.8, 4) is 0 Å². The molecular formula is C10H20O6. The average molecular weight is 236 g/mol. The first-order chi connectivity index (χ1) is 7.61. The van der Waals surface area contributed by atoms with E-state index in [2.05, 4.69) is 0 Å². The zero-order valence-electron chi connectivity index (χ0n) is 9.37. The van der Waals surface area contributed by atoms with Crippen molar-refractivity contribution < 1.29 is 29.9 Å². The fourth-order valence-electron chi connectivity index (χ4n) is 1.69. The van der Waals surface area contributed by atoms with E-state index >= 15 is 0 Å². The highest BCUT2D eigenvalue weighted by molar-refractivity contribution is 4.96. The highest BCUT2D eigenvalue weighted by Crippen LogP contribution is 2.32. The molecule has 0 aromatic carbocycles. The van der Waals surface area contributed by atoms with Crippen LogP contribution in [0.15, 0.2) is 0 Å². The monoisotopic (exact) mass is 236 g/mol. The van der Waals surface area contributed by atoms with E-state index in [0.29, 0.717) is 6.61 Å². The van der Waals surface area contributed by atoms with Crippen LogP contribution in [0.3, 0.4) is 0 Å². The van der Waals surface area contributed by atoms with Gasteiger partial charge < -0.3 is 29.9 Å². The Morgan fingerprint density at radius 1 is 1.31 bits per heavy atom. The van der Waals surface area contributed by atoms with Crippen molar-refractivity contribution in [1.82, 2.24) is 0 Å². The standard InChI is InChI=1S/C10H20O6/c1-2-3-4-15-10(6-12)9(14)8(13)7(5-11)16-10/h7-9,11-14H,2-6H2,1H3/t7-,8-,9+,10+/m1/s1. The molecule has 0 amide bonds. The molecule has 0 aromatic heterocycles. The van der Waals surface area contributed by atoms with E-state index in [-0.39, 0.29) is 0 Å². The van der Waals surface area contributed by atoms with E-state index in [4.69, 9.17) is 14.6 Å². The van der Waals surface area contributed by atoms with Gasteiger partial charge in [-0.25, -0.2) is 0 Å². The van der Waals surface area contributed by atoms with Crippen LogP contribution in [0.25, 0.3) is 0 Å². The summed E-state index contributed by atoms with van der Waals surface area (Å²) in [5.74, 6) is -1.61. The zero-order chi connectivity index (χ0) is 12.2. The smallest absolute Gasteiger partial charge is 0.221 e. The zero-order valence-corrected chi connectivity index (χ0v) is 9.37. The van der Waals surface area contributed by atoms with Gasteiger partial charge in [0.2, 0.25) is 5.79 Å². The van der Waals surface area contributed by atoms with Crippen LogP contribution in [0.1, 0.15) is 19.8 Å². The van der Waals surface area contributed by atoms with Crippen molar-refractivity contribution in [1.29, 1.82) is 0 Å². The van der Waals surface area contributed by atoms with Crippen LogP contribution in [-0.4, -0.2) is 64.3 Å². The number of unbranched alkanes of at least 4 members (excludes halogenated alkanes) is 1. The van der Waals surface area contributed by atoms with Gasteiger partial charge in [0.1, 0.15) is 24.9 Å². The third-order valence-corrected chi connectivity index (χ3v) is 2.75. The summed E-state index contributed by atoms with van der Waals surface area (Å²) in [4.78, 5) is 0. The molecule has 0 saturated carbocycles. The van der Waals surface area contributed by atoms with Crippen molar-refractivity contribution in [3.05, 3.63) is 0 Å². The molecular weight excluding hydrogens is 216 g/mol. The molecule has 6 nitrogen and oxygen atoms in total. The van der Waals surface area contributed by atoms with Crippen molar-refractivity contribution in [2.24, 2.45) is 0 Å². The van der Waals surface area contributed by atoms with E-state index in [0.717, 1.165) is 12.8 Å². The van der Waals surface area contributed by atoms with E-state index in [1.165, 1.54) is 0 Å². The Balaban J connectivity index is 2.64. The van der Waals surface area contributed by atoms with Gasteiger partial charge in [-0.05, 0) is 6.42 Å². The van der Waals surface area contributed by atoms with E-state index in [9.17, 15) is 15.3 Å². The van der Waals surface area contributed by atoms with Crippen LogP contribution < -0.4 is 0 Å². The van der Waals surface area contributed by atoms with Crippen LogP contribution in [0.5, 0.6) is 0 Å². The molecule has 0 unspecified atom stereocenters. The SMILES string of the molecule is CCCCO[C@@]1(CO)O[C@H](CO)[C@@H](O)[C@@H]1O. The van der Waals surface area contributed by atoms with Gasteiger partial charge >= 0.3 is 0 Å². The Bertz CT molecular complexity index is 211. The molecule has 1 fully saturated rings. The summed E-state index contributed by atoms with van der Waals surface area (Å²) in [5, 5.41) is 37.4. The molecule has 1 aliphatic rings. The maximum absolute atomic E-state index is 9.74. The van der Waals surface area contributed by atoms with E-state index in [1.54, 1.807) is 0 Å². The van der Waals surface area contributed by atoms with Crippen molar-refractivity contribution in [2.75, 3.05) is 19.8 Å². The van der Waals surface area contributed by atoms with E-state index in [1.807, 2.05) is 6.92 Å². The van der Waals surface area contributed by atoms with Crippen molar-refractivity contribution in [2.45, 2.75) is 43.9 Å². The number of rotatable bonds is 6. The van der Waals surface area contributed by atoms with Crippen LogP contribution in [-0.2, 0) is 9.47 Å². The largest absolute Gasteiger partial charge is 0.394 e. The van der Waals surface area contributed by atoms with Gasteiger partial charge in [0.05, 0.1) is 13.2 Å². The minimum absolute atomic E-state index is 0.318. The Hall–Kier alpha value is -0.240. The molecule has 0 aromatic rings. The van der Waals surface area contributed by atoms with Gasteiger partial charge in [-0.1, -0.05) is 13.3 Å². The second-order valence-corrected chi connectivity index (χ2v) is 3.95. The van der Waals surface area contributed by atoms with Crippen LogP contribution in [0, 0.1) is 0 Å². The number of aliphatic hydroxyl groups excluding tert-OH is 4. The normalized spacial score (nSPS) is 39.2. The predicted octanol–water partition coefficient (Wildman–Crippen LogP) is -1.40. The fraction of sp³-hybridized carbons (Fsp3) is 1.00. The van der Waals surface area contributed by atoms with Gasteiger partial charge in [-0.2, -0.15) is 0 Å². The summed E-state index contributed by atoms with van der Waals surface area (Å²) in [6.45, 7) is 1.30. The summed E-state index contributed by atoms with van der Waals surface area (Å²) in [7, 11) is 0. The van der Waals surface area contributed by atoms with Gasteiger partial charge in [-0.15, -0.1) is 0 Å². The molecule has 16 heavy (non-hydrogen) atoms. The topological polar surface area (TPSA) is 99.4 Å². The van der Waals surface area contributed by atoms with Crippen LogP contribution in [0.4, 0.5) is 0 Å². The summed E-state index contributed by atoms with van der Waals surface area (Å²) in [6.07, 6.45) is -1.87.